The number of aliphatic carboxylic acids is 1. The van der Waals surface area contributed by atoms with E-state index in [1.54, 1.807) is 4.90 Å². The van der Waals surface area contributed by atoms with Crippen LogP contribution in [0.4, 0.5) is 4.79 Å². The summed E-state index contributed by atoms with van der Waals surface area (Å²) in [4.78, 5) is 24.4. The van der Waals surface area contributed by atoms with E-state index in [2.05, 4.69) is 11.9 Å². The standard InChI is InChI=1S/C12H20N2O3/c1-4-14(7-8(2)3)12(17)13-10(11(15)16)9-5-6-9/h9-10H,2,4-7H2,1,3H3,(H,13,17)(H,15,16). The number of carbonyl (C=O) groups excluding carboxylic acids is 1. The van der Waals surface area contributed by atoms with Crippen molar-refractivity contribution in [3.05, 3.63) is 12.2 Å². The molecule has 0 bridgehead atoms. The fraction of sp³-hybridized carbons (Fsp3) is 0.667. The molecule has 5 nitrogen and oxygen atoms in total. The molecule has 2 N–H and O–H groups in total. The van der Waals surface area contributed by atoms with Gasteiger partial charge in [0.1, 0.15) is 6.04 Å². The number of urea groups is 1. The van der Waals surface area contributed by atoms with Gasteiger partial charge in [-0.25, -0.2) is 9.59 Å². The van der Waals surface area contributed by atoms with Crippen molar-refractivity contribution in [2.24, 2.45) is 5.92 Å². The Morgan fingerprint density at radius 3 is 2.47 bits per heavy atom. The summed E-state index contributed by atoms with van der Waals surface area (Å²) in [6.45, 7) is 8.44. The van der Waals surface area contributed by atoms with Gasteiger partial charge < -0.3 is 15.3 Å². The first-order chi connectivity index (χ1) is 7.95. The highest BCUT2D eigenvalue weighted by molar-refractivity contribution is 5.83. The highest BCUT2D eigenvalue weighted by Crippen LogP contribution is 2.32. The van der Waals surface area contributed by atoms with Crippen LogP contribution < -0.4 is 5.32 Å². The average molecular weight is 240 g/mol. The summed E-state index contributed by atoms with van der Waals surface area (Å²) in [5.74, 6) is -0.854. The molecule has 0 radical (unpaired) electrons. The Kier molecular flexibility index (Phi) is 4.54. The molecule has 0 aromatic heterocycles. The minimum atomic E-state index is -0.952. The molecule has 1 atom stereocenters. The van der Waals surface area contributed by atoms with Crippen LogP contribution >= 0.6 is 0 Å². The van der Waals surface area contributed by atoms with E-state index in [-0.39, 0.29) is 11.9 Å². The topological polar surface area (TPSA) is 69.6 Å². The molecule has 1 aliphatic carbocycles. The Hall–Kier alpha value is -1.52. The van der Waals surface area contributed by atoms with Crippen LogP contribution in [0.5, 0.6) is 0 Å². The van der Waals surface area contributed by atoms with Crippen molar-refractivity contribution < 1.29 is 14.7 Å². The van der Waals surface area contributed by atoms with Crippen LogP contribution in [0.25, 0.3) is 0 Å². The maximum atomic E-state index is 11.9. The SMILES string of the molecule is C=C(C)CN(CC)C(=O)NC(C(=O)O)C1CC1. The number of carboxylic acid groups (broad SMARTS) is 1. The molecule has 96 valence electrons. The lowest BCUT2D eigenvalue weighted by atomic mass is 10.2. The van der Waals surface area contributed by atoms with Crippen molar-refractivity contribution >= 4 is 12.0 Å². The minimum absolute atomic E-state index is 0.0972. The van der Waals surface area contributed by atoms with E-state index in [4.69, 9.17) is 5.11 Å². The molecule has 0 aromatic carbocycles. The van der Waals surface area contributed by atoms with Gasteiger partial charge in [0.25, 0.3) is 0 Å². The zero-order valence-electron chi connectivity index (χ0n) is 10.4. The first kappa shape index (κ1) is 13.5. The smallest absolute Gasteiger partial charge is 0.326 e. The summed E-state index contributed by atoms with van der Waals surface area (Å²) < 4.78 is 0. The van der Waals surface area contributed by atoms with E-state index in [0.717, 1.165) is 18.4 Å². The average Bonchev–Trinajstić information content (AvgIpc) is 3.05. The second-order valence-corrected chi connectivity index (χ2v) is 4.57. The van der Waals surface area contributed by atoms with Gasteiger partial charge in [-0.05, 0) is 32.6 Å². The number of likely N-dealkylation sites (N-methyl/N-ethyl adjacent to an activating group) is 1. The number of nitrogens with zero attached hydrogens (tertiary/aromatic N) is 1. The van der Waals surface area contributed by atoms with Crippen molar-refractivity contribution in [2.75, 3.05) is 13.1 Å². The number of nitrogens with one attached hydrogen (secondary N) is 1. The van der Waals surface area contributed by atoms with Crippen molar-refractivity contribution in [3.63, 3.8) is 0 Å². The quantitative estimate of drug-likeness (QED) is 0.690. The summed E-state index contributed by atoms with van der Waals surface area (Å²) in [7, 11) is 0. The molecular formula is C12H20N2O3. The number of rotatable bonds is 6. The van der Waals surface area contributed by atoms with Gasteiger partial charge in [-0.2, -0.15) is 0 Å². The monoisotopic (exact) mass is 240 g/mol. The molecule has 1 unspecified atom stereocenters. The summed E-state index contributed by atoms with van der Waals surface area (Å²) in [6.07, 6.45) is 1.76. The van der Waals surface area contributed by atoms with E-state index in [1.807, 2.05) is 13.8 Å². The summed E-state index contributed by atoms with van der Waals surface area (Å²) >= 11 is 0. The molecular weight excluding hydrogens is 220 g/mol. The van der Waals surface area contributed by atoms with Gasteiger partial charge in [0, 0.05) is 13.1 Å². The van der Waals surface area contributed by atoms with Crippen LogP contribution in [0, 0.1) is 5.92 Å². The van der Waals surface area contributed by atoms with Crippen LogP contribution in [0.2, 0.25) is 0 Å². The fourth-order valence-electron chi connectivity index (χ4n) is 1.69. The first-order valence-electron chi connectivity index (χ1n) is 5.88. The highest BCUT2D eigenvalue weighted by Gasteiger charge is 2.37. The van der Waals surface area contributed by atoms with Gasteiger partial charge in [0.05, 0.1) is 0 Å². The molecule has 0 heterocycles. The molecule has 0 aliphatic heterocycles. The van der Waals surface area contributed by atoms with Crippen LogP contribution in [0.1, 0.15) is 26.7 Å². The Balaban J connectivity index is 2.55. The number of amides is 2. The lowest BCUT2D eigenvalue weighted by Crippen LogP contribution is -2.49. The Morgan fingerprint density at radius 2 is 2.12 bits per heavy atom. The Morgan fingerprint density at radius 1 is 1.53 bits per heavy atom. The summed E-state index contributed by atoms with van der Waals surface area (Å²) in [6, 6.07) is -1.07. The van der Waals surface area contributed by atoms with Gasteiger partial charge >= 0.3 is 12.0 Å². The summed E-state index contributed by atoms with van der Waals surface area (Å²) in [5, 5.41) is 11.6. The molecule has 1 fully saturated rings. The van der Waals surface area contributed by atoms with Crippen LogP contribution in [-0.4, -0.2) is 41.1 Å². The summed E-state index contributed by atoms with van der Waals surface area (Å²) in [5.41, 5.74) is 0.875. The number of carboxylic acids is 1. The molecule has 1 saturated carbocycles. The third-order valence-corrected chi connectivity index (χ3v) is 2.77. The van der Waals surface area contributed by atoms with Crippen molar-refractivity contribution in [1.29, 1.82) is 0 Å². The number of hydrogen-bond acceptors (Lipinski definition) is 2. The normalized spacial score (nSPS) is 16.1. The van der Waals surface area contributed by atoms with E-state index in [0.29, 0.717) is 13.1 Å². The molecule has 5 heteroatoms. The van der Waals surface area contributed by atoms with Crippen LogP contribution in [-0.2, 0) is 4.79 Å². The molecule has 1 rings (SSSR count). The predicted octanol–water partition coefficient (Wildman–Crippen LogP) is 1.46. The Bertz CT molecular complexity index is 324. The second-order valence-electron chi connectivity index (χ2n) is 4.57. The molecule has 1 aliphatic rings. The minimum Gasteiger partial charge on any atom is -0.480 e. The van der Waals surface area contributed by atoms with Crippen LogP contribution in [0.15, 0.2) is 12.2 Å². The number of hydrogen-bond donors (Lipinski definition) is 2. The van der Waals surface area contributed by atoms with Gasteiger partial charge in [-0.15, -0.1) is 0 Å². The molecule has 0 saturated heterocycles. The van der Waals surface area contributed by atoms with Crippen LogP contribution in [0.3, 0.4) is 0 Å². The van der Waals surface area contributed by atoms with Crippen molar-refractivity contribution in [3.8, 4) is 0 Å². The van der Waals surface area contributed by atoms with Gasteiger partial charge in [-0.3, -0.25) is 0 Å². The Labute approximate surface area is 101 Å². The zero-order chi connectivity index (χ0) is 13.0. The predicted molar refractivity (Wildman–Crippen MR) is 64.7 cm³/mol. The van der Waals surface area contributed by atoms with E-state index in [9.17, 15) is 9.59 Å². The maximum Gasteiger partial charge on any atom is 0.326 e. The maximum absolute atomic E-state index is 11.9. The molecule has 2 amide bonds. The largest absolute Gasteiger partial charge is 0.480 e. The third kappa shape index (κ3) is 4.09. The number of carbonyl (C=O) groups is 2. The van der Waals surface area contributed by atoms with Crippen molar-refractivity contribution in [2.45, 2.75) is 32.7 Å². The molecule has 17 heavy (non-hydrogen) atoms. The van der Waals surface area contributed by atoms with E-state index < -0.39 is 12.0 Å². The van der Waals surface area contributed by atoms with Gasteiger partial charge in [0.2, 0.25) is 0 Å². The van der Waals surface area contributed by atoms with E-state index >= 15 is 0 Å². The third-order valence-electron chi connectivity index (χ3n) is 2.77. The van der Waals surface area contributed by atoms with Gasteiger partial charge in [-0.1, -0.05) is 12.2 Å². The van der Waals surface area contributed by atoms with E-state index in [1.165, 1.54) is 0 Å². The molecule has 0 spiro atoms. The lowest BCUT2D eigenvalue weighted by Gasteiger charge is -2.24. The second kappa shape index (κ2) is 5.70. The zero-order valence-corrected chi connectivity index (χ0v) is 10.4. The lowest BCUT2D eigenvalue weighted by molar-refractivity contribution is -0.139. The fourth-order valence-corrected chi connectivity index (χ4v) is 1.69. The highest BCUT2D eigenvalue weighted by atomic mass is 16.4. The molecule has 0 aromatic rings. The van der Waals surface area contributed by atoms with Gasteiger partial charge in [0.15, 0.2) is 0 Å². The first-order valence-corrected chi connectivity index (χ1v) is 5.88. The van der Waals surface area contributed by atoms with Crippen molar-refractivity contribution in [1.82, 2.24) is 10.2 Å².